The van der Waals surface area contributed by atoms with Crippen molar-refractivity contribution in [2.24, 2.45) is 0 Å². The summed E-state index contributed by atoms with van der Waals surface area (Å²) in [6.45, 7) is 7.50. The predicted octanol–water partition coefficient (Wildman–Crippen LogP) is 2.67. The van der Waals surface area contributed by atoms with Gasteiger partial charge in [0.25, 0.3) is 0 Å². The molecular formula is C25H28N4O5S2. The Morgan fingerprint density at radius 3 is 2.44 bits per heavy atom. The van der Waals surface area contributed by atoms with E-state index in [2.05, 4.69) is 16.0 Å². The van der Waals surface area contributed by atoms with Crippen molar-refractivity contribution in [1.82, 2.24) is 15.5 Å². The highest BCUT2D eigenvalue weighted by Gasteiger charge is 2.64. The Morgan fingerprint density at radius 1 is 1.14 bits per heavy atom. The zero-order chi connectivity index (χ0) is 26.4. The Morgan fingerprint density at radius 2 is 1.81 bits per heavy atom. The van der Waals surface area contributed by atoms with E-state index in [1.807, 2.05) is 32.0 Å². The lowest BCUT2D eigenvalue weighted by Gasteiger charge is -2.44. The zero-order valence-electron chi connectivity index (χ0n) is 20.2. The number of carbonyl (C=O) groups is 3. The van der Waals surface area contributed by atoms with E-state index in [0.29, 0.717) is 5.56 Å². The first-order chi connectivity index (χ1) is 16.9. The van der Waals surface area contributed by atoms with Gasteiger partial charge in [-0.05, 0) is 74.8 Å². The van der Waals surface area contributed by atoms with Crippen LogP contribution in [0.4, 0.5) is 5.69 Å². The van der Waals surface area contributed by atoms with Crippen molar-refractivity contribution in [3.8, 4) is 5.75 Å². The van der Waals surface area contributed by atoms with Crippen LogP contribution in [0.5, 0.6) is 5.75 Å². The van der Waals surface area contributed by atoms with Crippen LogP contribution in [0.2, 0.25) is 0 Å². The SMILES string of the molecule is Cc1cccc(NC(=S)NC(C(=O)NC2C(=O)N3C2SC(C)(C)C3C(=O)O)c2ccc(O)cc2)c1C. The van der Waals surface area contributed by atoms with E-state index in [1.54, 1.807) is 26.0 Å². The predicted molar refractivity (Wildman–Crippen MR) is 142 cm³/mol. The summed E-state index contributed by atoms with van der Waals surface area (Å²) in [7, 11) is 0. The molecule has 11 heteroatoms. The Balaban J connectivity index is 1.53. The molecule has 2 aromatic carbocycles. The maximum Gasteiger partial charge on any atom is 0.327 e. The van der Waals surface area contributed by atoms with Crippen LogP contribution in [-0.4, -0.2) is 60.2 Å². The molecule has 4 unspecified atom stereocenters. The third kappa shape index (κ3) is 4.72. The molecule has 2 saturated heterocycles. The number of carboxylic acid groups (broad SMARTS) is 1. The molecule has 5 N–H and O–H groups in total. The summed E-state index contributed by atoms with van der Waals surface area (Å²) in [5.74, 6) is -1.96. The van der Waals surface area contributed by atoms with Gasteiger partial charge in [-0.1, -0.05) is 24.3 Å². The highest BCUT2D eigenvalue weighted by atomic mass is 32.2. The van der Waals surface area contributed by atoms with E-state index in [0.717, 1.165) is 16.8 Å². The number of carbonyl (C=O) groups excluding carboxylic acids is 2. The fraction of sp³-hybridized carbons (Fsp3) is 0.360. The summed E-state index contributed by atoms with van der Waals surface area (Å²) in [4.78, 5) is 39.4. The van der Waals surface area contributed by atoms with Crippen LogP contribution in [-0.2, 0) is 14.4 Å². The van der Waals surface area contributed by atoms with E-state index < -0.39 is 46.0 Å². The zero-order valence-corrected chi connectivity index (χ0v) is 21.9. The molecule has 2 aliphatic rings. The number of nitrogens with one attached hydrogen (secondary N) is 3. The van der Waals surface area contributed by atoms with Crippen LogP contribution in [0, 0.1) is 13.8 Å². The number of phenolic OH excluding ortho intramolecular Hbond substituents is 1. The van der Waals surface area contributed by atoms with Crippen LogP contribution < -0.4 is 16.0 Å². The summed E-state index contributed by atoms with van der Waals surface area (Å²) in [6.07, 6.45) is 0. The Hall–Kier alpha value is -3.31. The fourth-order valence-electron chi connectivity index (χ4n) is 4.53. The second kappa shape index (κ2) is 9.62. The summed E-state index contributed by atoms with van der Waals surface area (Å²) < 4.78 is -0.697. The van der Waals surface area contributed by atoms with Crippen LogP contribution in [0.15, 0.2) is 42.5 Å². The molecular weight excluding hydrogens is 500 g/mol. The monoisotopic (exact) mass is 528 g/mol. The molecule has 0 bridgehead atoms. The van der Waals surface area contributed by atoms with Gasteiger partial charge < -0.3 is 31.1 Å². The number of amides is 2. The number of hydrogen-bond acceptors (Lipinski definition) is 6. The van der Waals surface area contributed by atoms with Gasteiger partial charge in [0.1, 0.15) is 29.2 Å². The average molecular weight is 529 g/mol. The van der Waals surface area contributed by atoms with Crippen molar-refractivity contribution in [3.05, 3.63) is 59.2 Å². The van der Waals surface area contributed by atoms with E-state index in [4.69, 9.17) is 12.2 Å². The number of nitrogens with zero attached hydrogens (tertiary/aromatic N) is 1. The molecule has 0 spiro atoms. The molecule has 0 aromatic heterocycles. The minimum Gasteiger partial charge on any atom is -0.508 e. The molecule has 2 heterocycles. The first-order valence-electron chi connectivity index (χ1n) is 11.4. The largest absolute Gasteiger partial charge is 0.508 e. The van der Waals surface area contributed by atoms with Crippen LogP contribution in [0.25, 0.3) is 0 Å². The second-order valence-electron chi connectivity index (χ2n) is 9.45. The summed E-state index contributed by atoms with van der Waals surface area (Å²) in [5.41, 5.74) is 3.43. The lowest BCUT2D eigenvalue weighted by Crippen LogP contribution is -2.71. The maximum atomic E-state index is 13.4. The molecule has 36 heavy (non-hydrogen) atoms. The Labute approximate surface area is 218 Å². The van der Waals surface area contributed by atoms with Crippen molar-refractivity contribution in [3.63, 3.8) is 0 Å². The number of anilines is 1. The molecule has 4 rings (SSSR count). The molecule has 2 fully saturated rings. The summed E-state index contributed by atoms with van der Waals surface area (Å²) in [5, 5.41) is 28.0. The standard InChI is InChI=1S/C25H28N4O5S2/c1-12-6-5-7-16(13(12)2)26-24(35)28-17(14-8-10-15(30)11-9-14)20(31)27-18-21(32)29-19(23(33)34)25(3,4)36-22(18)29/h5-11,17-19,22,30H,1-4H3,(H,27,31)(H,33,34)(H2,26,28,35). The highest BCUT2D eigenvalue weighted by molar-refractivity contribution is 8.01. The first kappa shape index (κ1) is 25.8. The van der Waals surface area contributed by atoms with Crippen LogP contribution >= 0.6 is 24.0 Å². The topological polar surface area (TPSA) is 131 Å². The number of aromatic hydroxyl groups is 1. The molecule has 2 aliphatic heterocycles. The van der Waals surface area contributed by atoms with E-state index in [-0.39, 0.29) is 10.9 Å². The smallest absolute Gasteiger partial charge is 0.327 e. The van der Waals surface area contributed by atoms with Gasteiger partial charge in [0.15, 0.2) is 5.11 Å². The van der Waals surface area contributed by atoms with E-state index >= 15 is 0 Å². The van der Waals surface area contributed by atoms with Gasteiger partial charge in [0.2, 0.25) is 11.8 Å². The van der Waals surface area contributed by atoms with E-state index in [9.17, 15) is 24.6 Å². The molecule has 0 radical (unpaired) electrons. The van der Waals surface area contributed by atoms with Gasteiger partial charge in [-0.25, -0.2) is 4.79 Å². The number of aryl methyl sites for hydroxylation is 1. The molecule has 190 valence electrons. The number of carboxylic acids is 1. The number of β-lactam (4-membered cyclic amide) rings is 1. The second-order valence-corrected chi connectivity index (χ2v) is 11.6. The highest BCUT2D eigenvalue weighted by Crippen LogP contribution is 2.50. The summed E-state index contributed by atoms with van der Waals surface area (Å²) >= 11 is 6.85. The van der Waals surface area contributed by atoms with Crippen molar-refractivity contribution < 1.29 is 24.6 Å². The van der Waals surface area contributed by atoms with Crippen molar-refractivity contribution in [2.45, 2.75) is 55.9 Å². The van der Waals surface area contributed by atoms with Crippen molar-refractivity contribution in [2.75, 3.05) is 5.32 Å². The lowest BCUT2D eigenvalue weighted by atomic mass is 9.95. The lowest BCUT2D eigenvalue weighted by molar-refractivity contribution is -0.161. The molecule has 4 atom stereocenters. The fourth-order valence-corrected chi connectivity index (χ4v) is 6.38. The third-order valence-corrected chi connectivity index (χ3v) is 8.38. The average Bonchev–Trinajstić information content (AvgIpc) is 3.07. The number of aliphatic carboxylic acids is 1. The number of benzene rings is 2. The molecule has 2 amide bonds. The van der Waals surface area contributed by atoms with Crippen molar-refractivity contribution >= 4 is 52.6 Å². The number of phenols is 1. The number of hydrogen-bond donors (Lipinski definition) is 5. The van der Waals surface area contributed by atoms with Gasteiger partial charge in [-0.3, -0.25) is 9.59 Å². The maximum absolute atomic E-state index is 13.4. The number of thioether (sulfide) groups is 1. The third-order valence-electron chi connectivity index (χ3n) is 6.59. The normalized spacial score (nSPS) is 22.7. The number of rotatable bonds is 6. The van der Waals surface area contributed by atoms with E-state index in [1.165, 1.54) is 28.8 Å². The number of fused-ring (bicyclic) bond motifs is 1. The first-order valence-corrected chi connectivity index (χ1v) is 12.7. The molecule has 2 aromatic rings. The van der Waals surface area contributed by atoms with Gasteiger partial charge in [0.05, 0.1) is 0 Å². The van der Waals surface area contributed by atoms with Gasteiger partial charge >= 0.3 is 5.97 Å². The van der Waals surface area contributed by atoms with Crippen LogP contribution in [0.1, 0.15) is 36.6 Å². The summed E-state index contributed by atoms with van der Waals surface area (Å²) in [6, 6.07) is 9.09. The number of thiocarbonyl (C=S) groups is 1. The van der Waals surface area contributed by atoms with Gasteiger partial charge in [0, 0.05) is 10.4 Å². The minimum atomic E-state index is -1.07. The Bertz CT molecular complexity index is 1230. The van der Waals surface area contributed by atoms with Gasteiger partial charge in [-0.2, -0.15) is 0 Å². The quantitative estimate of drug-likeness (QED) is 0.284. The molecule has 9 nitrogen and oxygen atoms in total. The minimum absolute atomic E-state index is 0.0445. The molecule has 0 aliphatic carbocycles. The van der Waals surface area contributed by atoms with Gasteiger partial charge in [-0.15, -0.1) is 11.8 Å². The van der Waals surface area contributed by atoms with Crippen molar-refractivity contribution in [1.29, 1.82) is 0 Å². The van der Waals surface area contributed by atoms with Crippen LogP contribution in [0.3, 0.4) is 0 Å². The Kier molecular flexibility index (Phi) is 6.89. The molecule has 0 saturated carbocycles.